The first-order chi connectivity index (χ1) is 4.48. The van der Waals surface area contributed by atoms with E-state index in [9.17, 15) is 4.79 Å². The van der Waals surface area contributed by atoms with Crippen molar-refractivity contribution in [3.05, 3.63) is 12.7 Å². The Morgan fingerprint density at radius 1 is 1.60 bits per heavy atom. The van der Waals surface area contributed by atoms with Crippen molar-refractivity contribution in [2.45, 2.75) is 6.92 Å². The Labute approximate surface area is 62.7 Å². The lowest BCUT2D eigenvalue weighted by molar-refractivity contribution is -0.876. The molecule has 0 bridgehead atoms. The largest absolute Gasteiger partial charge is 0.319 e. The van der Waals surface area contributed by atoms with Crippen LogP contribution in [-0.2, 0) is 4.79 Å². The predicted molar refractivity (Wildman–Crippen MR) is 42.7 cm³/mol. The Hall–Kier alpha value is -0.630. The molecule has 0 N–H and O–H groups in total. The van der Waals surface area contributed by atoms with Gasteiger partial charge in [-0.25, -0.2) is 0 Å². The Balaban J connectivity index is 3.85. The summed E-state index contributed by atoms with van der Waals surface area (Å²) in [5.41, 5.74) is 0. The van der Waals surface area contributed by atoms with E-state index in [4.69, 9.17) is 0 Å². The fourth-order valence-corrected chi connectivity index (χ4v) is 1.02. The third-order valence-electron chi connectivity index (χ3n) is 1.27. The van der Waals surface area contributed by atoms with Crippen LogP contribution < -0.4 is 0 Å². The van der Waals surface area contributed by atoms with Crippen LogP contribution >= 0.6 is 0 Å². The smallest absolute Gasteiger partial charge is 0.183 e. The fourth-order valence-electron chi connectivity index (χ4n) is 1.02. The van der Waals surface area contributed by atoms with Crippen LogP contribution in [0, 0.1) is 0 Å². The van der Waals surface area contributed by atoms with Gasteiger partial charge >= 0.3 is 0 Å². The number of nitrogens with zero attached hydrogens (tertiary/aromatic N) is 1. The van der Waals surface area contributed by atoms with E-state index in [0.29, 0.717) is 11.0 Å². The molecule has 10 heavy (non-hydrogen) atoms. The Kier molecular flexibility index (Phi) is 3.30. The summed E-state index contributed by atoms with van der Waals surface area (Å²) in [6.07, 6.45) is 1.84. The van der Waals surface area contributed by atoms with Gasteiger partial charge in [0.15, 0.2) is 5.78 Å². The van der Waals surface area contributed by atoms with E-state index in [1.165, 1.54) is 0 Å². The molecule has 0 amide bonds. The number of likely N-dealkylation sites (N-methyl/N-ethyl adjacent to an activating group) is 1. The summed E-state index contributed by atoms with van der Waals surface area (Å²) in [5.74, 6) is 0.229. The lowest BCUT2D eigenvalue weighted by atomic mass is 10.3. The van der Waals surface area contributed by atoms with Crippen molar-refractivity contribution >= 4 is 5.78 Å². The molecule has 2 nitrogen and oxygen atoms in total. The average Bonchev–Trinajstić information content (AvgIpc) is 1.59. The van der Waals surface area contributed by atoms with Gasteiger partial charge < -0.3 is 4.48 Å². The monoisotopic (exact) mass is 142 g/mol. The first-order valence-corrected chi connectivity index (χ1v) is 3.40. The van der Waals surface area contributed by atoms with Crippen LogP contribution in [0.15, 0.2) is 12.7 Å². The quantitative estimate of drug-likeness (QED) is 0.420. The fraction of sp³-hybridized carbons (Fsp3) is 0.625. The minimum absolute atomic E-state index is 0.229. The highest BCUT2D eigenvalue weighted by molar-refractivity contribution is 5.76. The zero-order chi connectivity index (χ0) is 8.20. The van der Waals surface area contributed by atoms with E-state index in [0.717, 1.165) is 6.54 Å². The highest BCUT2D eigenvalue weighted by Crippen LogP contribution is 1.95. The molecule has 0 spiro atoms. The van der Waals surface area contributed by atoms with Gasteiger partial charge in [0.25, 0.3) is 0 Å². The van der Waals surface area contributed by atoms with Crippen LogP contribution in [0.5, 0.6) is 0 Å². The molecular weight excluding hydrogens is 126 g/mol. The van der Waals surface area contributed by atoms with Gasteiger partial charge in [0, 0.05) is 6.92 Å². The van der Waals surface area contributed by atoms with Crippen LogP contribution in [0.1, 0.15) is 6.92 Å². The first kappa shape index (κ1) is 9.37. The van der Waals surface area contributed by atoms with Gasteiger partial charge in [-0.05, 0) is 6.08 Å². The summed E-state index contributed by atoms with van der Waals surface area (Å²) in [7, 11) is 4.03. The molecule has 0 aromatic carbocycles. The number of quaternary nitrogens is 1. The van der Waals surface area contributed by atoms with E-state index >= 15 is 0 Å². The second kappa shape index (κ2) is 3.52. The number of hydrogen-bond donors (Lipinski definition) is 0. The molecule has 0 aromatic rings. The molecule has 0 saturated heterocycles. The topological polar surface area (TPSA) is 17.1 Å². The number of hydrogen-bond acceptors (Lipinski definition) is 1. The molecule has 0 atom stereocenters. The van der Waals surface area contributed by atoms with Crippen molar-refractivity contribution in [3.63, 3.8) is 0 Å². The lowest BCUT2D eigenvalue weighted by Gasteiger charge is -2.26. The normalized spacial score (nSPS) is 11.1. The minimum atomic E-state index is 0.229. The molecule has 0 aliphatic rings. The van der Waals surface area contributed by atoms with Crippen LogP contribution in [-0.4, -0.2) is 37.5 Å². The van der Waals surface area contributed by atoms with Gasteiger partial charge in [-0.15, -0.1) is 0 Å². The molecule has 0 heterocycles. The molecule has 0 aromatic heterocycles. The minimum Gasteiger partial charge on any atom is -0.319 e. The van der Waals surface area contributed by atoms with Gasteiger partial charge in [0.1, 0.15) is 6.54 Å². The highest BCUT2D eigenvalue weighted by atomic mass is 16.1. The van der Waals surface area contributed by atoms with Crippen molar-refractivity contribution in [1.29, 1.82) is 0 Å². The van der Waals surface area contributed by atoms with Gasteiger partial charge in [0.2, 0.25) is 0 Å². The molecule has 2 heteroatoms. The van der Waals surface area contributed by atoms with Gasteiger partial charge in [-0.2, -0.15) is 0 Å². The Morgan fingerprint density at radius 3 is 2.40 bits per heavy atom. The van der Waals surface area contributed by atoms with Crippen LogP contribution in [0.4, 0.5) is 0 Å². The zero-order valence-corrected chi connectivity index (χ0v) is 7.05. The van der Waals surface area contributed by atoms with Crippen molar-refractivity contribution in [2.24, 2.45) is 0 Å². The third kappa shape index (κ3) is 4.27. The second-order valence-corrected chi connectivity index (χ2v) is 3.27. The Bertz CT molecular complexity index is 138. The van der Waals surface area contributed by atoms with E-state index in [1.54, 1.807) is 6.92 Å². The highest BCUT2D eigenvalue weighted by Gasteiger charge is 2.14. The van der Waals surface area contributed by atoms with E-state index in [2.05, 4.69) is 6.58 Å². The Morgan fingerprint density at radius 2 is 2.10 bits per heavy atom. The molecule has 0 rings (SSSR count). The molecule has 58 valence electrons. The summed E-state index contributed by atoms with van der Waals surface area (Å²) in [5, 5.41) is 0. The predicted octanol–water partition coefficient (Wildman–Crippen LogP) is 0.838. The standard InChI is InChI=1S/C8H16NO/c1-5-6-9(3,4)7-8(2)10/h5H,1,6-7H2,2-4H3/q+1. The van der Waals surface area contributed by atoms with Crippen molar-refractivity contribution in [1.82, 2.24) is 0 Å². The average molecular weight is 142 g/mol. The van der Waals surface area contributed by atoms with E-state index in [-0.39, 0.29) is 5.78 Å². The SMILES string of the molecule is C=CC[N+](C)(C)CC(C)=O. The summed E-state index contributed by atoms with van der Waals surface area (Å²) in [4.78, 5) is 10.7. The van der Waals surface area contributed by atoms with Crippen molar-refractivity contribution in [2.75, 3.05) is 27.2 Å². The summed E-state index contributed by atoms with van der Waals surface area (Å²) >= 11 is 0. The van der Waals surface area contributed by atoms with E-state index < -0.39 is 0 Å². The van der Waals surface area contributed by atoms with Crippen LogP contribution in [0.25, 0.3) is 0 Å². The molecule has 0 saturated carbocycles. The maximum absolute atomic E-state index is 10.7. The van der Waals surface area contributed by atoms with Crippen molar-refractivity contribution < 1.29 is 9.28 Å². The van der Waals surface area contributed by atoms with Gasteiger partial charge in [-0.1, -0.05) is 6.58 Å². The number of rotatable bonds is 4. The molecule has 0 unspecified atom stereocenters. The maximum Gasteiger partial charge on any atom is 0.183 e. The molecule has 0 aliphatic heterocycles. The van der Waals surface area contributed by atoms with E-state index in [1.807, 2.05) is 20.2 Å². The second-order valence-electron chi connectivity index (χ2n) is 3.27. The van der Waals surface area contributed by atoms with Crippen LogP contribution in [0.2, 0.25) is 0 Å². The molecular formula is C8H16NO+. The number of Topliss-reactive ketones (excluding diaryl/α,β-unsaturated/α-hetero) is 1. The molecule has 0 fully saturated rings. The van der Waals surface area contributed by atoms with Gasteiger partial charge in [-0.3, -0.25) is 4.79 Å². The molecule has 0 aliphatic carbocycles. The summed E-state index contributed by atoms with van der Waals surface area (Å²) < 4.78 is 0.707. The molecule has 0 radical (unpaired) electrons. The zero-order valence-electron chi connectivity index (χ0n) is 7.05. The lowest BCUT2D eigenvalue weighted by Crippen LogP contribution is -2.43. The number of carbonyl (C=O) groups excluding carboxylic acids is 1. The number of carbonyl (C=O) groups is 1. The summed E-state index contributed by atoms with van der Waals surface area (Å²) in [6, 6.07) is 0. The van der Waals surface area contributed by atoms with Crippen LogP contribution in [0.3, 0.4) is 0 Å². The van der Waals surface area contributed by atoms with Crippen molar-refractivity contribution in [3.8, 4) is 0 Å². The van der Waals surface area contributed by atoms with Gasteiger partial charge in [0.05, 0.1) is 20.6 Å². The third-order valence-corrected chi connectivity index (χ3v) is 1.27. The first-order valence-electron chi connectivity index (χ1n) is 3.40. The number of ketones is 1. The maximum atomic E-state index is 10.7. The summed E-state index contributed by atoms with van der Waals surface area (Å²) in [6.45, 7) is 6.68.